The van der Waals surface area contributed by atoms with Crippen LogP contribution in [0.5, 0.6) is 5.75 Å². The summed E-state index contributed by atoms with van der Waals surface area (Å²) in [6, 6.07) is 0. The van der Waals surface area contributed by atoms with E-state index in [9.17, 15) is 5.11 Å². The first kappa shape index (κ1) is 9.67. The van der Waals surface area contributed by atoms with E-state index in [4.69, 9.17) is 5.11 Å². The SMILES string of the molecule is CN=Cc1c(CO)cnc(C)c1O. The van der Waals surface area contributed by atoms with Gasteiger partial charge in [-0.1, -0.05) is 0 Å². The third-order valence-electron chi connectivity index (χ3n) is 1.79. The molecular weight excluding hydrogens is 168 g/mol. The van der Waals surface area contributed by atoms with Crippen LogP contribution in [-0.2, 0) is 6.61 Å². The largest absolute Gasteiger partial charge is 0.505 e. The number of aromatic nitrogens is 1. The van der Waals surface area contributed by atoms with Crippen molar-refractivity contribution in [1.82, 2.24) is 4.98 Å². The number of rotatable bonds is 2. The summed E-state index contributed by atoms with van der Waals surface area (Å²) >= 11 is 0. The van der Waals surface area contributed by atoms with Crippen LogP contribution in [0.25, 0.3) is 0 Å². The van der Waals surface area contributed by atoms with Crippen LogP contribution in [0.1, 0.15) is 16.8 Å². The molecule has 2 N–H and O–H groups in total. The first-order chi connectivity index (χ1) is 6.20. The third kappa shape index (κ3) is 1.84. The van der Waals surface area contributed by atoms with E-state index in [1.807, 2.05) is 0 Å². The zero-order valence-corrected chi connectivity index (χ0v) is 7.65. The molecule has 0 aliphatic carbocycles. The zero-order chi connectivity index (χ0) is 9.84. The lowest BCUT2D eigenvalue weighted by Crippen LogP contribution is -1.97. The topological polar surface area (TPSA) is 65.7 Å². The molecule has 0 spiro atoms. The molecule has 0 aromatic carbocycles. The second kappa shape index (κ2) is 4.00. The van der Waals surface area contributed by atoms with Gasteiger partial charge in [-0.3, -0.25) is 9.98 Å². The van der Waals surface area contributed by atoms with Crippen LogP contribution in [-0.4, -0.2) is 28.5 Å². The van der Waals surface area contributed by atoms with Gasteiger partial charge < -0.3 is 10.2 Å². The van der Waals surface area contributed by atoms with Crippen molar-refractivity contribution < 1.29 is 10.2 Å². The lowest BCUT2D eigenvalue weighted by molar-refractivity contribution is 0.280. The Hall–Kier alpha value is -1.42. The number of hydrogen-bond donors (Lipinski definition) is 2. The highest BCUT2D eigenvalue weighted by Gasteiger charge is 2.08. The van der Waals surface area contributed by atoms with Crippen molar-refractivity contribution in [3.05, 3.63) is 23.0 Å². The number of nitrogens with zero attached hydrogens (tertiary/aromatic N) is 2. The Balaban J connectivity index is 3.32. The maximum Gasteiger partial charge on any atom is 0.145 e. The van der Waals surface area contributed by atoms with Crippen molar-refractivity contribution in [2.45, 2.75) is 13.5 Å². The van der Waals surface area contributed by atoms with Crippen LogP contribution in [0.3, 0.4) is 0 Å². The quantitative estimate of drug-likeness (QED) is 0.656. The summed E-state index contributed by atoms with van der Waals surface area (Å²) in [7, 11) is 1.61. The van der Waals surface area contributed by atoms with Crippen LogP contribution in [0, 0.1) is 6.92 Å². The molecule has 0 atom stereocenters. The van der Waals surface area contributed by atoms with Crippen molar-refractivity contribution in [3.8, 4) is 5.75 Å². The predicted octanol–water partition coefficient (Wildman–Crippen LogP) is 0.637. The minimum absolute atomic E-state index is 0.0807. The van der Waals surface area contributed by atoms with Gasteiger partial charge in [0.25, 0.3) is 0 Å². The van der Waals surface area contributed by atoms with Gasteiger partial charge in [-0.25, -0.2) is 0 Å². The third-order valence-corrected chi connectivity index (χ3v) is 1.79. The van der Waals surface area contributed by atoms with E-state index in [0.717, 1.165) is 0 Å². The number of hydrogen-bond acceptors (Lipinski definition) is 4. The van der Waals surface area contributed by atoms with Crippen molar-refractivity contribution >= 4 is 6.21 Å². The summed E-state index contributed by atoms with van der Waals surface area (Å²) in [5, 5.41) is 18.5. The van der Waals surface area contributed by atoms with Gasteiger partial charge in [0.1, 0.15) is 5.75 Å². The summed E-state index contributed by atoms with van der Waals surface area (Å²) in [6.45, 7) is 1.55. The average molecular weight is 180 g/mol. The molecule has 70 valence electrons. The van der Waals surface area contributed by atoms with E-state index in [0.29, 0.717) is 16.8 Å². The standard InChI is InChI=1S/C9H12N2O2/c1-6-9(13)8(4-10-2)7(5-12)3-11-6/h3-4,12-13H,5H2,1-2H3. The van der Waals surface area contributed by atoms with Gasteiger partial charge in [-0.2, -0.15) is 0 Å². The Morgan fingerprint density at radius 1 is 1.62 bits per heavy atom. The number of aliphatic imine (C=N–C) groups is 1. The minimum atomic E-state index is -0.151. The van der Waals surface area contributed by atoms with Gasteiger partial charge in [0.15, 0.2) is 0 Å². The molecule has 1 rings (SSSR count). The Labute approximate surface area is 76.6 Å². The fraction of sp³-hybridized carbons (Fsp3) is 0.333. The van der Waals surface area contributed by atoms with Crippen molar-refractivity contribution in [2.75, 3.05) is 7.05 Å². The van der Waals surface area contributed by atoms with Crippen LogP contribution in [0.2, 0.25) is 0 Å². The normalized spacial score (nSPS) is 11.0. The van der Waals surface area contributed by atoms with Gasteiger partial charge >= 0.3 is 0 Å². The summed E-state index contributed by atoms with van der Waals surface area (Å²) in [6.07, 6.45) is 3.04. The summed E-state index contributed by atoms with van der Waals surface area (Å²) in [5.74, 6) is 0.0807. The second-order valence-corrected chi connectivity index (χ2v) is 2.68. The van der Waals surface area contributed by atoms with E-state index in [2.05, 4.69) is 9.98 Å². The highest BCUT2D eigenvalue weighted by Crippen LogP contribution is 2.21. The molecule has 0 saturated carbocycles. The predicted molar refractivity (Wildman–Crippen MR) is 50.1 cm³/mol. The molecule has 0 aliphatic heterocycles. The summed E-state index contributed by atoms with van der Waals surface area (Å²) in [4.78, 5) is 7.71. The Morgan fingerprint density at radius 3 is 2.85 bits per heavy atom. The molecule has 0 saturated heterocycles. The molecule has 0 unspecified atom stereocenters. The fourth-order valence-electron chi connectivity index (χ4n) is 1.05. The highest BCUT2D eigenvalue weighted by molar-refractivity contribution is 5.85. The molecule has 0 bridgehead atoms. The van der Waals surface area contributed by atoms with Crippen molar-refractivity contribution in [1.29, 1.82) is 0 Å². The molecule has 13 heavy (non-hydrogen) atoms. The van der Waals surface area contributed by atoms with E-state index in [1.165, 1.54) is 12.4 Å². The molecule has 4 heteroatoms. The lowest BCUT2D eigenvalue weighted by atomic mass is 10.1. The number of pyridine rings is 1. The molecule has 1 aromatic rings. The Bertz CT molecular complexity index is 335. The molecule has 0 aliphatic rings. The van der Waals surface area contributed by atoms with E-state index < -0.39 is 0 Å². The Morgan fingerprint density at radius 2 is 2.31 bits per heavy atom. The van der Waals surface area contributed by atoms with Crippen LogP contribution in [0.15, 0.2) is 11.2 Å². The first-order valence-electron chi connectivity index (χ1n) is 3.91. The zero-order valence-electron chi connectivity index (χ0n) is 7.65. The molecule has 1 heterocycles. The molecule has 0 radical (unpaired) electrons. The van der Waals surface area contributed by atoms with Gasteiger partial charge in [-0.05, 0) is 6.92 Å². The Kier molecular flexibility index (Phi) is 2.97. The first-order valence-corrected chi connectivity index (χ1v) is 3.91. The maximum absolute atomic E-state index is 9.58. The van der Waals surface area contributed by atoms with Gasteiger partial charge in [0.05, 0.1) is 12.3 Å². The van der Waals surface area contributed by atoms with Crippen LogP contribution >= 0.6 is 0 Å². The van der Waals surface area contributed by atoms with E-state index >= 15 is 0 Å². The maximum atomic E-state index is 9.58. The minimum Gasteiger partial charge on any atom is -0.505 e. The van der Waals surface area contributed by atoms with Crippen LogP contribution in [0.4, 0.5) is 0 Å². The van der Waals surface area contributed by atoms with Crippen molar-refractivity contribution in [3.63, 3.8) is 0 Å². The van der Waals surface area contributed by atoms with Gasteiger partial charge in [0.2, 0.25) is 0 Å². The number of aromatic hydroxyl groups is 1. The molecule has 4 nitrogen and oxygen atoms in total. The average Bonchev–Trinajstić information content (AvgIpc) is 2.14. The monoisotopic (exact) mass is 180 g/mol. The molecule has 0 amide bonds. The van der Waals surface area contributed by atoms with Crippen LogP contribution < -0.4 is 0 Å². The number of aliphatic hydroxyl groups is 1. The summed E-state index contributed by atoms with van der Waals surface area (Å²) in [5.41, 5.74) is 1.65. The number of aryl methyl sites for hydroxylation is 1. The fourth-order valence-corrected chi connectivity index (χ4v) is 1.05. The molecule has 0 fully saturated rings. The van der Waals surface area contributed by atoms with Gasteiger partial charge in [0, 0.05) is 30.6 Å². The van der Waals surface area contributed by atoms with Crippen molar-refractivity contribution in [2.24, 2.45) is 4.99 Å². The molecule has 1 aromatic heterocycles. The summed E-state index contributed by atoms with van der Waals surface area (Å²) < 4.78 is 0. The smallest absolute Gasteiger partial charge is 0.145 e. The van der Waals surface area contributed by atoms with Gasteiger partial charge in [-0.15, -0.1) is 0 Å². The highest BCUT2D eigenvalue weighted by atomic mass is 16.3. The molecular formula is C9H12N2O2. The second-order valence-electron chi connectivity index (χ2n) is 2.68. The number of aliphatic hydroxyl groups excluding tert-OH is 1. The lowest BCUT2D eigenvalue weighted by Gasteiger charge is -2.06. The van der Waals surface area contributed by atoms with E-state index in [-0.39, 0.29) is 12.4 Å². The van der Waals surface area contributed by atoms with E-state index in [1.54, 1.807) is 14.0 Å².